The van der Waals surface area contributed by atoms with Gasteiger partial charge in [-0.2, -0.15) is 0 Å². The number of methoxy groups -OCH3 is 1. The molecular formula is C37H40ClN7O4. The van der Waals surface area contributed by atoms with Crippen LogP contribution in [0.1, 0.15) is 45.6 Å². The van der Waals surface area contributed by atoms with Gasteiger partial charge in [0.05, 0.1) is 36.7 Å². The molecule has 12 heteroatoms. The number of rotatable bonds is 11. The minimum absolute atomic E-state index is 0.0981. The zero-order valence-corrected chi connectivity index (χ0v) is 28.5. The summed E-state index contributed by atoms with van der Waals surface area (Å²) in [6.45, 7) is 7.71. The third-order valence-electron chi connectivity index (χ3n) is 9.56. The van der Waals surface area contributed by atoms with Crippen molar-refractivity contribution >= 4 is 29.1 Å². The van der Waals surface area contributed by atoms with E-state index in [0.29, 0.717) is 64.7 Å². The van der Waals surface area contributed by atoms with Gasteiger partial charge in [-0.1, -0.05) is 29.8 Å². The molecule has 0 spiro atoms. The molecular weight excluding hydrogens is 642 g/mol. The van der Waals surface area contributed by atoms with E-state index in [-0.39, 0.29) is 17.9 Å². The van der Waals surface area contributed by atoms with E-state index in [0.717, 1.165) is 62.4 Å². The van der Waals surface area contributed by atoms with E-state index in [1.54, 1.807) is 13.3 Å². The Labute approximate surface area is 290 Å². The Morgan fingerprint density at radius 2 is 2.00 bits per heavy atom. The van der Waals surface area contributed by atoms with Crippen molar-refractivity contribution in [2.45, 2.75) is 45.3 Å². The lowest BCUT2D eigenvalue weighted by Crippen LogP contribution is -2.41. The first-order valence-electron chi connectivity index (χ1n) is 16.7. The third kappa shape index (κ3) is 7.30. The average molecular weight is 682 g/mol. The Morgan fingerprint density at radius 3 is 2.78 bits per heavy atom. The van der Waals surface area contributed by atoms with E-state index in [1.807, 2.05) is 55.6 Å². The van der Waals surface area contributed by atoms with Crippen LogP contribution in [0.4, 0.5) is 5.69 Å². The summed E-state index contributed by atoms with van der Waals surface area (Å²) in [6, 6.07) is 13.5. The Hall–Kier alpha value is -4.42. The fourth-order valence-corrected chi connectivity index (χ4v) is 7.03. The molecule has 3 N–H and O–H groups in total. The smallest absolute Gasteiger partial charge is 0.274 e. The number of ether oxygens (including phenoxy) is 2. The number of anilines is 1. The van der Waals surface area contributed by atoms with Gasteiger partial charge < -0.3 is 25.4 Å². The van der Waals surface area contributed by atoms with E-state index in [9.17, 15) is 9.59 Å². The van der Waals surface area contributed by atoms with E-state index < -0.39 is 0 Å². The summed E-state index contributed by atoms with van der Waals surface area (Å²) in [6.07, 6.45) is 5.85. The summed E-state index contributed by atoms with van der Waals surface area (Å²) in [5.41, 5.74) is 7.89. The van der Waals surface area contributed by atoms with Crippen LogP contribution in [0.5, 0.6) is 5.88 Å². The molecule has 4 aromatic rings. The molecule has 1 aromatic carbocycles. The lowest BCUT2D eigenvalue weighted by molar-refractivity contribution is -0.119. The van der Waals surface area contributed by atoms with E-state index in [4.69, 9.17) is 26.1 Å². The second-order valence-corrected chi connectivity index (χ2v) is 13.4. The van der Waals surface area contributed by atoms with Crippen LogP contribution in [-0.2, 0) is 29.0 Å². The zero-order chi connectivity index (χ0) is 33.9. The van der Waals surface area contributed by atoms with Crippen LogP contribution >= 0.6 is 11.6 Å². The van der Waals surface area contributed by atoms with Gasteiger partial charge in [-0.15, -0.1) is 0 Å². The van der Waals surface area contributed by atoms with Gasteiger partial charge in [0.1, 0.15) is 5.69 Å². The number of hydrogen-bond acceptors (Lipinski definition) is 9. The third-order valence-corrected chi connectivity index (χ3v) is 9.94. The van der Waals surface area contributed by atoms with Crippen LogP contribution in [0.25, 0.3) is 22.5 Å². The topological polar surface area (TPSA) is 131 Å². The molecule has 2 saturated heterocycles. The number of aromatic nitrogens is 3. The maximum Gasteiger partial charge on any atom is 0.274 e. The van der Waals surface area contributed by atoms with Gasteiger partial charge in [0.2, 0.25) is 11.8 Å². The number of pyridine rings is 3. The Kier molecular flexibility index (Phi) is 9.86. The largest absolute Gasteiger partial charge is 0.481 e. The fraction of sp³-hybridized carbons (Fsp3) is 0.378. The molecule has 2 amide bonds. The van der Waals surface area contributed by atoms with Crippen LogP contribution < -0.4 is 20.7 Å². The van der Waals surface area contributed by atoms with Crippen molar-refractivity contribution in [2.75, 3.05) is 45.3 Å². The molecule has 3 aliphatic heterocycles. The van der Waals surface area contributed by atoms with E-state index in [1.165, 1.54) is 11.1 Å². The number of carbonyl (C=O) groups is 2. The lowest BCUT2D eigenvalue weighted by atomic mass is 9.98. The molecule has 49 heavy (non-hydrogen) atoms. The molecule has 3 aromatic heterocycles. The van der Waals surface area contributed by atoms with E-state index >= 15 is 0 Å². The van der Waals surface area contributed by atoms with Gasteiger partial charge in [-0.05, 0) is 60.7 Å². The highest BCUT2D eigenvalue weighted by atomic mass is 35.5. The number of carbonyl (C=O) groups excluding carboxylic acids is 2. The number of halogens is 1. The highest BCUT2D eigenvalue weighted by Crippen LogP contribution is 2.38. The van der Waals surface area contributed by atoms with Crippen molar-refractivity contribution in [1.29, 1.82) is 0 Å². The summed E-state index contributed by atoms with van der Waals surface area (Å²) in [5, 5.41) is 9.87. The molecule has 6 heterocycles. The SMILES string of the molecule is COc1nc(-c2ccnc(-c3cccc(NC(=O)c4cc5c(cn4)CN(CC4COC4)CC5)c3C)c2Cl)ccc1CNCC1CCC(=O)N1. The van der Waals surface area contributed by atoms with Crippen LogP contribution in [0.3, 0.4) is 0 Å². The summed E-state index contributed by atoms with van der Waals surface area (Å²) in [5.74, 6) is 0.947. The van der Waals surface area contributed by atoms with Gasteiger partial charge in [0, 0.05) is 85.9 Å². The van der Waals surface area contributed by atoms with Crippen LogP contribution in [0.15, 0.2) is 54.9 Å². The zero-order valence-electron chi connectivity index (χ0n) is 27.7. The molecule has 1 atom stereocenters. The van der Waals surface area contributed by atoms with Gasteiger partial charge >= 0.3 is 0 Å². The van der Waals surface area contributed by atoms with Gasteiger partial charge in [0.15, 0.2) is 0 Å². The first-order chi connectivity index (χ1) is 23.9. The van der Waals surface area contributed by atoms with Crippen molar-refractivity contribution in [3.8, 4) is 28.4 Å². The summed E-state index contributed by atoms with van der Waals surface area (Å²) >= 11 is 7.03. The Bertz CT molecular complexity index is 1880. The minimum atomic E-state index is -0.260. The number of nitrogens with zero attached hydrogens (tertiary/aromatic N) is 4. The molecule has 3 aliphatic rings. The minimum Gasteiger partial charge on any atom is -0.481 e. The molecule has 7 rings (SSSR count). The van der Waals surface area contributed by atoms with Crippen LogP contribution in [0.2, 0.25) is 5.02 Å². The first-order valence-corrected chi connectivity index (χ1v) is 17.1. The molecule has 2 fully saturated rings. The highest BCUT2D eigenvalue weighted by molar-refractivity contribution is 6.35. The molecule has 0 bridgehead atoms. The quantitative estimate of drug-likeness (QED) is 0.204. The molecule has 254 valence electrons. The summed E-state index contributed by atoms with van der Waals surface area (Å²) < 4.78 is 11.0. The maximum atomic E-state index is 13.4. The Morgan fingerprint density at radius 1 is 1.12 bits per heavy atom. The second kappa shape index (κ2) is 14.6. The number of nitrogens with one attached hydrogen (secondary N) is 3. The number of fused-ring (bicyclic) bond motifs is 1. The molecule has 0 aliphatic carbocycles. The molecule has 1 unspecified atom stereocenters. The van der Waals surface area contributed by atoms with Crippen molar-refractivity contribution < 1.29 is 19.1 Å². The normalized spacial score (nSPS) is 17.7. The summed E-state index contributed by atoms with van der Waals surface area (Å²) in [7, 11) is 1.59. The predicted octanol–water partition coefficient (Wildman–Crippen LogP) is 4.80. The second-order valence-electron chi connectivity index (χ2n) is 13.0. The highest BCUT2D eigenvalue weighted by Gasteiger charge is 2.26. The average Bonchev–Trinajstić information content (AvgIpc) is 3.52. The fourth-order valence-electron chi connectivity index (χ4n) is 6.72. The number of amides is 2. The summed E-state index contributed by atoms with van der Waals surface area (Å²) in [4.78, 5) is 41.3. The standard InChI is InChI=1S/C37H40ClN7O4/c1-22-28(4-3-5-30(22)43-36(47)32-14-24-11-13-45(18-23-20-49-21-23)19-26(24)16-41-32)35-34(38)29(10-12-40-35)31-8-6-25(37(44-31)48-2)15-39-17-27-7-9-33(46)42-27/h3-6,8,10,12,14,16,23,27,39H,7,9,11,13,15,17-21H2,1-2H3,(H,42,46)(H,43,47). The van der Waals surface area contributed by atoms with Crippen molar-refractivity contribution in [2.24, 2.45) is 5.92 Å². The first kappa shape index (κ1) is 33.1. The lowest BCUT2D eigenvalue weighted by Gasteiger charge is -2.35. The van der Waals surface area contributed by atoms with Gasteiger partial charge in [-0.3, -0.25) is 24.5 Å². The monoisotopic (exact) mass is 681 g/mol. The number of benzene rings is 1. The predicted molar refractivity (Wildman–Crippen MR) is 188 cm³/mol. The van der Waals surface area contributed by atoms with Gasteiger partial charge in [-0.25, -0.2) is 4.98 Å². The van der Waals surface area contributed by atoms with Crippen molar-refractivity contribution in [3.63, 3.8) is 0 Å². The number of hydrogen-bond donors (Lipinski definition) is 3. The molecule has 11 nitrogen and oxygen atoms in total. The molecule has 0 radical (unpaired) electrons. The molecule has 0 saturated carbocycles. The van der Waals surface area contributed by atoms with Crippen LogP contribution in [-0.4, -0.2) is 77.7 Å². The van der Waals surface area contributed by atoms with Crippen LogP contribution in [0, 0.1) is 12.8 Å². The maximum absolute atomic E-state index is 13.4. The van der Waals surface area contributed by atoms with E-state index in [2.05, 4.69) is 30.8 Å². The van der Waals surface area contributed by atoms with Crippen molar-refractivity contribution in [1.82, 2.24) is 30.5 Å². The van der Waals surface area contributed by atoms with Gasteiger partial charge in [0.25, 0.3) is 5.91 Å². The Balaban J connectivity index is 1.05. The van der Waals surface area contributed by atoms with Crippen molar-refractivity contribution in [3.05, 3.63) is 87.8 Å².